The number of alkyl halides is 3. The zero-order chi connectivity index (χ0) is 25.4. The highest BCUT2D eigenvalue weighted by molar-refractivity contribution is 6.30. The van der Waals surface area contributed by atoms with Crippen molar-refractivity contribution in [2.75, 3.05) is 13.6 Å². The second kappa shape index (κ2) is 9.43. The van der Waals surface area contributed by atoms with Crippen molar-refractivity contribution >= 4 is 17.5 Å². The third kappa shape index (κ3) is 5.45. The van der Waals surface area contributed by atoms with Gasteiger partial charge in [0.2, 0.25) is 0 Å². The van der Waals surface area contributed by atoms with Crippen LogP contribution in [0.1, 0.15) is 41.2 Å². The average Bonchev–Trinajstić information content (AvgIpc) is 2.98. The van der Waals surface area contributed by atoms with Gasteiger partial charge in [-0.3, -0.25) is 4.79 Å². The Balaban J connectivity index is 2.36. The Bertz CT molecular complexity index is 1200. The molecule has 0 aliphatic heterocycles. The van der Waals surface area contributed by atoms with E-state index in [0.29, 0.717) is 5.56 Å². The third-order valence-corrected chi connectivity index (χ3v) is 5.57. The van der Waals surface area contributed by atoms with Crippen molar-refractivity contribution in [3.63, 3.8) is 0 Å². The summed E-state index contributed by atoms with van der Waals surface area (Å²) in [5.74, 6) is -1.62. The van der Waals surface area contributed by atoms with E-state index in [1.807, 2.05) is 0 Å². The normalized spacial score (nSPS) is 12.2. The number of carbonyl (C=O) groups is 1. The fraction of sp³-hybridized carbons (Fsp3) is 0.320. The number of hydrogen-bond donors (Lipinski definition) is 1. The standard InChI is InChI=1S/C25H25ClF4N2O2/c1-15-20(18-11-10-17(26)12-19(18)27)21(23(33)31(4)14-24(2,3)34)32(22(15)25(28,29)30)13-16-8-6-5-7-9-16/h5-12,34H,13-14H2,1-4H3. The largest absolute Gasteiger partial charge is 0.431 e. The van der Waals surface area contributed by atoms with E-state index < -0.39 is 29.2 Å². The van der Waals surface area contributed by atoms with Gasteiger partial charge in [0.05, 0.1) is 5.60 Å². The molecule has 0 aliphatic rings. The Kier molecular flexibility index (Phi) is 7.15. The molecule has 0 atom stereocenters. The van der Waals surface area contributed by atoms with Gasteiger partial charge in [-0.15, -0.1) is 0 Å². The summed E-state index contributed by atoms with van der Waals surface area (Å²) >= 11 is 5.86. The quantitative estimate of drug-likeness (QED) is 0.415. The van der Waals surface area contributed by atoms with Gasteiger partial charge in [-0.25, -0.2) is 4.39 Å². The Morgan fingerprint density at radius 3 is 2.26 bits per heavy atom. The number of aliphatic hydroxyl groups is 1. The van der Waals surface area contributed by atoms with Gasteiger partial charge in [-0.2, -0.15) is 13.2 Å². The molecule has 182 valence electrons. The molecule has 0 saturated heterocycles. The van der Waals surface area contributed by atoms with E-state index in [0.717, 1.165) is 15.5 Å². The van der Waals surface area contributed by atoms with E-state index in [1.54, 1.807) is 30.3 Å². The van der Waals surface area contributed by atoms with E-state index in [9.17, 15) is 27.5 Å². The van der Waals surface area contributed by atoms with Crippen LogP contribution in [0.4, 0.5) is 17.6 Å². The molecule has 0 bridgehead atoms. The summed E-state index contributed by atoms with van der Waals surface area (Å²) in [5, 5.41) is 10.3. The lowest BCUT2D eigenvalue weighted by atomic mass is 9.99. The molecular formula is C25H25ClF4N2O2. The molecular weight excluding hydrogens is 472 g/mol. The fourth-order valence-electron chi connectivity index (χ4n) is 4.11. The number of nitrogens with zero attached hydrogens (tertiary/aromatic N) is 2. The number of carbonyl (C=O) groups excluding carboxylic acids is 1. The van der Waals surface area contributed by atoms with Crippen molar-refractivity contribution in [1.29, 1.82) is 0 Å². The Morgan fingerprint density at radius 1 is 1.12 bits per heavy atom. The van der Waals surface area contributed by atoms with Crippen LogP contribution in [-0.2, 0) is 12.7 Å². The average molecular weight is 497 g/mol. The van der Waals surface area contributed by atoms with Crippen LogP contribution < -0.4 is 0 Å². The zero-order valence-electron chi connectivity index (χ0n) is 19.2. The molecule has 0 unspecified atom stereocenters. The van der Waals surface area contributed by atoms with Crippen molar-refractivity contribution < 1.29 is 27.5 Å². The van der Waals surface area contributed by atoms with Gasteiger partial charge in [0.15, 0.2) is 0 Å². The van der Waals surface area contributed by atoms with Gasteiger partial charge in [-0.05, 0) is 50.1 Å². The maximum atomic E-state index is 15.0. The SMILES string of the molecule is Cc1c(-c2ccc(Cl)cc2F)c(C(=O)N(C)CC(C)(C)O)n(Cc2ccccc2)c1C(F)(F)F. The molecule has 9 heteroatoms. The van der Waals surface area contributed by atoms with Crippen LogP contribution in [0.3, 0.4) is 0 Å². The second-order valence-corrected chi connectivity index (χ2v) is 9.30. The molecule has 1 amide bonds. The van der Waals surface area contributed by atoms with Crippen LogP contribution in [0.2, 0.25) is 5.02 Å². The smallest absolute Gasteiger partial charge is 0.389 e. The molecule has 4 nitrogen and oxygen atoms in total. The molecule has 3 aromatic rings. The second-order valence-electron chi connectivity index (χ2n) is 8.86. The number of amides is 1. The molecule has 3 rings (SSSR count). The number of likely N-dealkylation sites (N-methyl/N-ethyl adjacent to an activating group) is 1. The lowest BCUT2D eigenvalue weighted by Crippen LogP contribution is -2.40. The number of rotatable bonds is 6. The fourth-order valence-corrected chi connectivity index (χ4v) is 4.27. The topological polar surface area (TPSA) is 45.5 Å². The first-order chi connectivity index (χ1) is 15.7. The summed E-state index contributed by atoms with van der Waals surface area (Å²) in [7, 11) is 1.38. The molecule has 0 saturated carbocycles. The summed E-state index contributed by atoms with van der Waals surface area (Å²) in [5.41, 5.74) is -2.73. The molecule has 0 aliphatic carbocycles. The van der Waals surface area contributed by atoms with Crippen LogP contribution in [0, 0.1) is 12.7 Å². The van der Waals surface area contributed by atoms with Gasteiger partial charge >= 0.3 is 6.18 Å². The maximum Gasteiger partial charge on any atom is 0.431 e. The first-order valence-electron chi connectivity index (χ1n) is 10.5. The predicted molar refractivity (Wildman–Crippen MR) is 123 cm³/mol. The minimum Gasteiger partial charge on any atom is -0.389 e. The van der Waals surface area contributed by atoms with Gasteiger partial charge in [0, 0.05) is 36.3 Å². The van der Waals surface area contributed by atoms with Gasteiger partial charge in [-0.1, -0.05) is 41.9 Å². The van der Waals surface area contributed by atoms with Crippen molar-refractivity contribution in [3.8, 4) is 11.1 Å². The van der Waals surface area contributed by atoms with Crippen molar-refractivity contribution in [2.45, 2.75) is 39.1 Å². The zero-order valence-corrected chi connectivity index (χ0v) is 19.9. The van der Waals surface area contributed by atoms with Crippen LogP contribution >= 0.6 is 11.6 Å². The van der Waals surface area contributed by atoms with E-state index in [2.05, 4.69) is 0 Å². The maximum absolute atomic E-state index is 15.0. The summed E-state index contributed by atoms with van der Waals surface area (Å²) in [6, 6.07) is 12.0. The molecule has 1 heterocycles. The van der Waals surface area contributed by atoms with E-state index in [-0.39, 0.29) is 40.5 Å². The third-order valence-electron chi connectivity index (χ3n) is 5.33. The minimum atomic E-state index is -4.82. The number of halogens is 5. The number of hydrogen-bond acceptors (Lipinski definition) is 2. The van der Waals surface area contributed by atoms with E-state index in [4.69, 9.17) is 11.6 Å². The summed E-state index contributed by atoms with van der Waals surface area (Å²) in [6.07, 6.45) is -4.82. The van der Waals surface area contributed by atoms with Crippen molar-refractivity contribution in [2.24, 2.45) is 0 Å². The first kappa shape index (κ1) is 25.8. The van der Waals surface area contributed by atoms with E-state index in [1.165, 1.54) is 40.0 Å². The lowest BCUT2D eigenvalue weighted by Gasteiger charge is -2.27. The lowest BCUT2D eigenvalue weighted by molar-refractivity contribution is -0.143. The molecule has 2 aromatic carbocycles. The molecule has 1 N–H and O–H groups in total. The van der Waals surface area contributed by atoms with Crippen LogP contribution in [0.5, 0.6) is 0 Å². The van der Waals surface area contributed by atoms with Crippen LogP contribution in [0.15, 0.2) is 48.5 Å². The molecule has 0 spiro atoms. The Morgan fingerprint density at radius 2 is 1.74 bits per heavy atom. The summed E-state index contributed by atoms with van der Waals surface area (Å²) in [4.78, 5) is 14.7. The molecule has 0 radical (unpaired) electrons. The van der Waals surface area contributed by atoms with Crippen molar-refractivity contribution in [1.82, 2.24) is 9.47 Å². The summed E-state index contributed by atoms with van der Waals surface area (Å²) < 4.78 is 58.8. The number of benzene rings is 2. The predicted octanol–water partition coefficient (Wildman–Crippen LogP) is 6.17. The number of aromatic nitrogens is 1. The Labute approximate surface area is 200 Å². The van der Waals surface area contributed by atoms with Crippen molar-refractivity contribution in [3.05, 3.63) is 81.9 Å². The molecule has 0 fully saturated rings. The van der Waals surface area contributed by atoms with E-state index >= 15 is 0 Å². The Hall–Kier alpha value is -2.84. The highest BCUT2D eigenvalue weighted by Crippen LogP contribution is 2.42. The van der Waals surface area contributed by atoms with Crippen LogP contribution in [0.25, 0.3) is 11.1 Å². The highest BCUT2D eigenvalue weighted by atomic mass is 35.5. The highest BCUT2D eigenvalue weighted by Gasteiger charge is 2.42. The van der Waals surface area contributed by atoms with Gasteiger partial charge in [0.1, 0.15) is 17.2 Å². The molecule has 34 heavy (non-hydrogen) atoms. The van der Waals surface area contributed by atoms with Gasteiger partial charge < -0.3 is 14.6 Å². The summed E-state index contributed by atoms with van der Waals surface area (Å²) in [6.45, 7) is 3.77. The molecule has 1 aromatic heterocycles. The monoisotopic (exact) mass is 496 g/mol. The minimum absolute atomic E-state index is 0.0747. The van der Waals surface area contributed by atoms with Crippen LogP contribution in [-0.4, -0.2) is 39.7 Å². The van der Waals surface area contributed by atoms with Gasteiger partial charge in [0.25, 0.3) is 5.91 Å². The first-order valence-corrected chi connectivity index (χ1v) is 10.9.